The van der Waals surface area contributed by atoms with Crippen LogP contribution in [0.2, 0.25) is 5.02 Å². The van der Waals surface area contributed by atoms with Crippen LogP contribution in [0.15, 0.2) is 78.3 Å². The van der Waals surface area contributed by atoms with Crippen molar-refractivity contribution in [3.05, 3.63) is 106 Å². The molecule has 0 saturated carbocycles. The van der Waals surface area contributed by atoms with Crippen LogP contribution in [0.1, 0.15) is 70.9 Å². The molecular formula is C50H58Cl3N5O6S. The molecule has 346 valence electrons. The molecule has 0 bridgehead atoms. The molecule has 0 aromatic heterocycles. The molecule has 8 aliphatic rings. The van der Waals surface area contributed by atoms with Crippen LogP contribution in [0.5, 0.6) is 23.0 Å². The van der Waals surface area contributed by atoms with Crippen molar-refractivity contribution in [2.24, 2.45) is 13.0 Å². The summed E-state index contributed by atoms with van der Waals surface area (Å²) >= 11 is 8.08. The Kier molecular flexibility index (Phi) is 15.8. The van der Waals surface area contributed by atoms with Crippen molar-refractivity contribution in [2.45, 2.75) is 52.1 Å². The number of benzene rings is 2. The number of likely N-dealkylation sites (tertiary alicyclic amines) is 2. The van der Waals surface area contributed by atoms with Crippen LogP contribution in [-0.4, -0.2) is 92.9 Å². The Morgan fingerprint density at radius 1 is 0.677 bits per heavy atom. The van der Waals surface area contributed by atoms with Crippen LogP contribution >= 0.6 is 47.8 Å². The number of nitrogens with zero attached hydrogens (tertiary/aromatic N) is 5. The van der Waals surface area contributed by atoms with Crippen molar-refractivity contribution in [3.63, 3.8) is 0 Å². The zero-order chi connectivity index (χ0) is 43.6. The van der Waals surface area contributed by atoms with E-state index in [1.54, 1.807) is 30.5 Å². The van der Waals surface area contributed by atoms with Crippen LogP contribution in [0.25, 0.3) is 21.7 Å². The molecular weight excluding hydrogens is 905 g/mol. The van der Waals surface area contributed by atoms with Gasteiger partial charge < -0.3 is 33.3 Å². The van der Waals surface area contributed by atoms with Crippen LogP contribution < -0.4 is 28.7 Å². The Hall–Kier alpha value is -4.69. The molecule has 65 heavy (non-hydrogen) atoms. The molecule has 0 radical (unpaired) electrons. The average molecular weight is 963 g/mol. The lowest BCUT2D eigenvalue weighted by Gasteiger charge is -2.30. The maximum Gasteiger partial charge on any atom is 0.259 e. The number of aromatic nitrogens is 1. The number of carbonyl (C=O) groups is 2. The van der Waals surface area contributed by atoms with Gasteiger partial charge in [-0.05, 0) is 111 Å². The van der Waals surface area contributed by atoms with Crippen LogP contribution in [0.3, 0.4) is 0 Å². The topological polar surface area (TPSA) is 89.0 Å². The van der Waals surface area contributed by atoms with Gasteiger partial charge in [-0.25, -0.2) is 0 Å². The molecule has 6 heterocycles. The lowest BCUT2D eigenvalue weighted by atomic mass is 9.99. The number of piperidine rings is 2. The number of ether oxygens (including phenoxy) is 4. The van der Waals surface area contributed by atoms with Crippen molar-refractivity contribution in [3.8, 4) is 44.7 Å². The van der Waals surface area contributed by atoms with Gasteiger partial charge in [0.15, 0.2) is 23.0 Å². The van der Waals surface area contributed by atoms with Crippen LogP contribution in [0, 0.1) is 5.92 Å². The number of halogens is 3. The van der Waals surface area contributed by atoms with Crippen molar-refractivity contribution < 1.29 is 28.5 Å². The highest BCUT2D eigenvalue weighted by Gasteiger charge is 2.36. The number of pyridine rings is 1. The first-order valence-corrected chi connectivity index (χ1v) is 23.4. The molecule has 11 nitrogen and oxygen atoms in total. The summed E-state index contributed by atoms with van der Waals surface area (Å²) in [6.07, 6.45) is 8.30. The fourth-order valence-corrected chi connectivity index (χ4v) is 10.5. The number of aryl methyl sites for hydroxylation is 1. The number of amides is 2. The van der Waals surface area contributed by atoms with E-state index in [9.17, 15) is 9.59 Å². The van der Waals surface area contributed by atoms with Crippen LogP contribution in [-0.2, 0) is 20.1 Å². The maximum absolute atomic E-state index is 13.3. The minimum atomic E-state index is -0.0178. The zero-order valence-electron chi connectivity index (χ0n) is 37.5. The number of rotatable bonds is 12. The lowest BCUT2D eigenvalue weighted by Crippen LogP contribution is -2.35. The predicted octanol–water partition coefficient (Wildman–Crippen LogP) is 10.8. The standard InChI is InChI=1S/C26H30ClN3O3.C24H26N2O3S.2ClH/c1-17-6-10-29(11-7-17)12-13-33-24-14-18(4-5-23(24)32-3)30-16-21-19(26(30)31)15-20-22(27)8-9-28(2)25(20)21;1-28-21-8-7-18(15-22(21)29-12-11-25-9-3-2-4-10-25)26-16-20-19(24(26)27)14-17-6-5-13-30-23(17)20;;/h4-5,8-9,14-15,17H,6-7,10-13,16H2,1-3H3;5-8,13-15H,2-4,9-12,16H2,1H3;2*1H. The Morgan fingerprint density at radius 3 is 1.85 bits per heavy atom. The molecule has 10 rings (SSSR count). The summed E-state index contributed by atoms with van der Waals surface area (Å²) in [6.45, 7) is 11.0. The quantitative estimate of drug-likeness (QED) is 0.120. The normalized spacial score (nSPS) is 16.4. The van der Waals surface area contributed by atoms with Crippen molar-refractivity contribution in [2.75, 3.05) is 76.5 Å². The van der Waals surface area contributed by atoms with Crippen molar-refractivity contribution in [1.29, 1.82) is 0 Å². The third-order valence-electron chi connectivity index (χ3n) is 13.1. The number of hydrogen-bond donors (Lipinski definition) is 0. The van der Waals surface area contributed by atoms with Gasteiger partial charge in [-0.3, -0.25) is 19.4 Å². The molecule has 0 spiro atoms. The van der Waals surface area contributed by atoms with E-state index < -0.39 is 0 Å². The van der Waals surface area contributed by atoms with Gasteiger partial charge in [0.05, 0.1) is 38.0 Å². The molecule has 0 unspecified atom stereocenters. The first kappa shape index (κ1) is 48.2. The highest BCUT2D eigenvalue weighted by molar-refractivity contribution is 7.13. The summed E-state index contributed by atoms with van der Waals surface area (Å²) in [5.74, 6) is 3.58. The molecule has 0 N–H and O–H groups in total. The van der Waals surface area contributed by atoms with Gasteiger partial charge in [-0.15, -0.1) is 36.2 Å². The van der Waals surface area contributed by atoms with E-state index in [0.717, 1.165) is 90.1 Å². The van der Waals surface area contributed by atoms with Gasteiger partial charge in [0, 0.05) is 82.5 Å². The van der Waals surface area contributed by atoms with Crippen molar-refractivity contribution >= 4 is 70.9 Å². The van der Waals surface area contributed by atoms with E-state index in [1.807, 2.05) is 83.4 Å². The fraction of sp³-hybridized carbons (Fsp3) is 0.400. The van der Waals surface area contributed by atoms with Gasteiger partial charge >= 0.3 is 0 Å². The van der Waals surface area contributed by atoms with Gasteiger partial charge in [0.25, 0.3) is 11.8 Å². The smallest absolute Gasteiger partial charge is 0.259 e. The molecule has 6 aliphatic heterocycles. The summed E-state index contributed by atoms with van der Waals surface area (Å²) in [7, 11) is 5.27. The third kappa shape index (κ3) is 10.0. The Balaban J connectivity index is 0.000000189. The van der Waals surface area contributed by atoms with Gasteiger partial charge in [0.1, 0.15) is 13.2 Å². The minimum absolute atomic E-state index is 0. The predicted molar refractivity (Wildman–Crippen MR) is 266 cm³/mol. The number of carbonyl (C=O) groups excluding carboxylic acids is 2. The number of hydrogen-bond acceptors (Lipinski definition) is 9. The highest BCUT2D eigenvalue weighted by atomic mass is 35.5. The summed E-state index contributed by atoms with van der Waals surface area (Å²) in [5.41, 5.74) is 8.40. The summed E-state index contributed by atoms with van der Waals surface area (Å²) < 4.78 is 25.3. The highest BCUT2D eigenvalue weighted by Crippen LogP contribution is 2.45. The Morgan fingerprint density at radius 2 is 1.25 bits per heavy atom. The van der Waals surface area contributed by atoms with E-state index in [-0.39, 0.29) is 36.6 Å². The molecule has 15 heteroatoms. The molecule has 2 aromatic rings. The van der Waals surface area contributed by atoms with Crippen molar-refractivity contribution in [1.82, 2.24) is 14.4 Å². The lowest BCUT2D eigenvalue weighted by molar-refractivity contribution is 0.0989. The van der Waals surface area contributed by atoms with E-state index in [2.05, 4.69) is 28.2 Å². The van der Waals surface area contributed by atoms with E-state index in [4.69, 9.17) is 30.5 Å². The monoisotopic (exact) mass is 961 g/mol. The van der Waals surface area contributed by atoms with Crippen LogP contribution in [0.4, 0.5) is 11.4 Å². The summed E-state index contributed by atoms with van der Waals surface area (Å²) in [6, 6.07) is 21.4. The fourth-order valence-electron chi connectivity index (χ4n) is 9.43. The second-order valence-electron chi connectivity index (χ2n) is 17.1. The van der Waals surface area contributed by atoms with E-state index in [0.29, 0.717) is 59.9 Å². The van der Waals surface area contributed by atoms with Gasteiger partial charge in [0.2, 0.25) is 0 Å². The third-order valence-corrected chi connectivity index (χ3v) is 14.4. The number of methoxy groups -OCH3 is 2. The first-order chi connectivity index (χ1) is 30.7. The van der Waals surface area contributed by atoms with Gasteiger partial charge in [-0.1, -0.05) is 37.1 Å². The molecule has 2 amide bonds. The maximum atomic E-state index is 13.3. The second-order valence-corrected chi connectivity index (χ2v) is 18.4. The zero-order valence-corrected chi connectivity index (χ0v) is 40.7. The summed E-state index contributed by atoms with van der Waals surface area (Å²) in [5, 5.41) is 2.73. The first-order valence-electron chi connectivity index (χ1n) is 22.2. The largest absolute Gasteiger partial charge is 0.493 e. The minimum Gasteiger partial charge on any atom is -0.493 e. The van der Waals surface area contributed by atoms with E-state index >= 15 is 0 Å². The average Bonchev–Trinajstić information content (AvgIpc) is 4.06. The molecule has 2 aromatic carbocycles. The van der Waals surface area contributed by atoms with E-state index in [1.165, 1.54) is 37.0 Å². The molecule has 2 fully saturated rings. The molecule has 2 aliphatic carbocycles. The Labute approximate surface area is 403 Å². The van der Waals surface area contributed by atoms with Gasteiger partial charge in [-0.2, -0.15) is 0 Å². The molecule has 2 saturated heterocycles. The SMILES string of the molecule is COc1ccc(N2Cc3c(cc4c(Cl)ccn(C)c3-4)C2=O)cc1OCCN1CCC(C)CC1.COc1ccc(N2Cc3c(cc4cccsc3-4)C2=O)cc1OCCN1CCCCC1.Cl.Cl. The Bertz CT molecular complexity index is 2530. The molecule has 0 atom stereocenters. The number of fused-ring (bicyclic) bond motifs is 6. The number of anilines is 2. The summed E-state index contributed by atoms with van der Waals surface area (Å²) in [4.78, 5) is 36.1. The second kappa shape index (κ2) is 21.3.